The third-order valence-electron chi connectivity index (χ3n) is 1.75. The minimum absolute atomic E-state index is 0.00579. The van der Waals surface area contributed by atoms with Crippen molar-refractivity contribution in [1.29, 1.82) is 0 Å². The molecule has 0 aliphatic carbocycles. The molecular weight excluding hydrogens is 130 g/mol. The molecule has 0 heterocycles. The summed E-state index contributed by atoms with van der Waals surface area (Å²) in [7, 11) is 0. The first kappa shape index (κ1) is 9.88. The van der Waals surface area contributed by atoms with Crippen LogP contribution in [0.4, 0.5) is 0 Å². The minimum Gasteiger partial charge on any atom is -0.396 e. The molecular formula is C7H17NO2. The van der Waals surface area contributed by atoms with Crippen LogP contribution in [0, 0.1) is 5.41 Å². The number of nitrogens with two attached hydrogens (primary N) is 1. The fraction of sp³-hybridized carbons (Fsp3) is 1.00. The van der Waals surface area contributed by atoms with Gasteiger partial charge in [-0.1, -0.05) is 13.8 Å². The third kappa shape index (κ3) is 2.64. The zero-order valence-electron chi connectivity index (χ0n) is 6.67. The van der Waals surface area contributed by atoms with E-state index in [1.54, 1.807) is 0 Å². The highest BCUT2D eigenvalue weighted by molar-refractivity contribution is 4.76. The van der Waals surface area contributed by atoms with E-state index in [2.05, 4.69) is 0 Å². The smallest absolute Gasteiger partial charge is 0.0625 e. The molecule has 1 unspecified atom stereocenters. The number of hydrogen-bond acceptors (Lipinski definition) is 3. The van der Waals surface area contributed by atoms with Gasteiger partial charge in [0.2, 0.25) is 0 Å². The fourth-order valence-electron chi connectivity index (χ4n) is 0.654. The lowest BCUT2D eigenvalue weighted by atomic mass is 9.86. The molecule has 3 nitrogen and oxygen atoms in total. The van der Waals surface area contributed by atoms with Crippen LogP contribution in [0.25, 0.3) is 0 Å². The van der Waals surface area contributed by atoms with E-state index in [1.807, 2.05) is 13.8 Å². The topological polar surface area (TPSA) is 66.5 Å². The summed E-state index contributed by atoms with van der Waals surface area (Å²) >= 11 is 0. The van der Waals surface area contributed by atoms with Gasteiger partial charge in [0.25, 0.3) is 0 Å². The highest BCUT2D eigenvalue weighted by Crippen LogP contribution is 2.21. The van der Waals surface area contributed by atoms with Crippen LogP contribution in [-0.2, 0) is 0 Å². The van der Waals surface area contributed by atoms with E-state index in [0.717, 1.165) is 0 Å². The molecule has 0 aromatic heterocycles. The Bertz CT molecular complexity index is 93.6. The molecule has 3 heteroatoms. The Kier molecular flexibility index (Phi) is 3.86. The first-order valence-electron chi connectivity index (χ1n) is 3.53. The van der Waals surface area contributed by atoms with Crippen molar-refractivity contribution in [3.63, 3.8) is 0 Å². The van der Waals surface area contributed by atoms with Crippen LogP contribution in [0.3, 0.4) is 0 Å². The van der Waals surface area contributed by atoms with Gasteiger partial charge in [-0.05, 0) is 13.0 Å². The summed E-state index contributed by atoms with van der Waals surface area (Å²) in [4.78, 5) is 0. The molecule has 0 rings (SSSR count). The highest BCUT2D eigenvalue weighted by Gasteiger charge is 2.25. The Labute approximate surface area is 61.9 Å². The second-order valence-electron chi connectivity index (χ2n) is 3.24. The van der Waals surface area contributed by atoms with Crippen LogP contribution < -0.4 is 5.73 Å². The van der Waals surface area contributed by atoms with Gasteiger partial charge in [0, 0.05) is 5.41 Å². The van der Waals surface area contributed by atoms with Gasteiger partial charge in [0.1, 0.15) is 0 Å². The van der Waals surface area contributed by atoms with Crippen molar-refractivity contribution in [1.82, 2.24) is 0 Å². The highest BCUT2D eigenvalue weighted by atomic mass is 16.3. The Morgan fingerprint density at radius 2 is 2.00 bits per heavy atom. The molecule has 0 saturated heterocycles. The lowest BCUT2D eigenvalue weighted by Crippen LogP contribution is -2.34. The van der Waals surface area contributed by atoms with Crippen LogP contribution in [0.2, 0.25) is 0 Å². The molecule has 0 fully saturated rings. The second-order valence-corrected chi connectivity index (χ2v) is 3.24. The molecule has 0 amide bonds. The molecule has 1 atom stereocenters. The lowest BCUT2D eigenvalue weighted by Gasteiger charge is -2.27. The standard InChI is InChI=1S/C7H17NO2/c1-7(2,5-9)6(10)3-4-8/h6,9-10H,3-5,8H2,1-2H3. The summed E-state index contributed by atoms with van der Waals surface area (Å²) in [5, 5.41) is 18.1. The van der Waals surface area contributed by atoms with Gasteiger partial charge in [-0.3, -0.25) is 0 Å². The van der Waals surface area contributed by atoms with Gasteiger partial charge in [-0.2, -0.15) is 0 Å². The Hall–Kier alpha value is -0.120. The van der Waals surface area contributed by atoms with Crippen molar-refractivity contribution in [3.8, 4) is 0 Å². The maximum atomic E-state index is 9.34. The summed E-state index contributed by atoms with van der Waals surface area (Å²) in [6.07, 6.45) is 0.0515. The molecule has 10 heavy (non-hydrogen) atoms. The zero-order chi connectivity index (χ0) is 8.20. The van der Waals surface area contributed by atoms with E-state index in [4.69, 9.17) is 10.8 Å². The van der Waals surface area contributed by atoms with E-state index in [0.29, 0.717) is 13.0 Å². The van der Waals surface area contributed by atoms with Crippen LogP contribution >= 0.6 is 0 Å². The van der Waals surface area contributed by atoms with E-state index in [-0.39, 0.29) is 6.61 Å². The molecule has 0 radical (unpaired) electrons. The Balaban J connectivity index is 3.78. The van der Waals surface area contributed by atoms with Crippen molar-refractivity contribution in [3.05, 3.63) is 0 Å². The Morgan fingerprint density at radius 3 is 2.30 bits per heavy atom. The molecule has 4 N–H and O–H groups in total. The third-order valence-corrected chi connectivity index (χ3v) is 1.75. The van der Waals surface area contributed by atoms with Crippen LogP contribution in [0.5, 0.6) is 0 Å². The van der Waals surface area contributed by atoms with Crippen LogP contribution in [0.1, 0.15) is 20.3 Å². The lowest BCUT2D eigenvalue weighted by molar-refractivity contribution is 0.00448. The predicted molar refractivity (Wildman–Crippen MR) is 40.5 cm³/mol. The number of rotatable bonds is 4. The molecule has 0 bridgehead atoms. The molecule has 0 saturated carbocycles. The van der Waals surface area contributed by atoms with Crippen molar-refractivity contribution in [2.24, 2.45) is 11.1 Å². The zero-order valence-corrected chi connectivity index (χ0v) is 6.67. The number of aliphatic hydroxyl groups is 2. The maximum absolute atomic E-state index is 9.34. The second kappa shape index (κ2) is 3.91. The fourth-order valence-corrected chi connectivity index (χ4v) is 0.654. The Morgan fingerprint density at radius 1 is 1.50 bits per heavy atom. The van der Waals surface area contributed by atoms with Gasteiger partial charge in [0.15, 0.2) is 0 Å². The average molecular weight is 147 g/mol. The quantitative estimate of drug-likeness (QED) is 0.512. The van der Waals surface area contributed by atoms with Gasteiger partial charge in [-0.25, -0.2) is 0 Å². The maximum Gasteiger partial charge on any atom is 0.0625 e. The normalized spacial score (nSPS) is 15.3. The van der Waals surface area contributed by atoms with E-state index < -0.39 is 11.5 Å². The summed E-state index contributed by atoms with van der Waals surface area (Å²) < 4.78 is 0. The molecule has 0 aromatic carbocycles. The summed E-state index contributed by atoms with van der Waals surface area (Å²) in [6, 6.07) is 0. The van der Waals surface area contributed by atoms with Crippen molar-refractivity contribution < 1.29 is 10.2 Å². The van der Waals surface area contributed by atoms with Gasteiger partial charge in [-0.15, -0.1) is 0 Å². The van der Waals surface area contributed by atoms with E-state index in [9.17, 15) is 5.11 Å². The first-order valence-corrected chi connectivity index (χ1v) is 3.53. The summed E-state index contributed by atoms with van der Waals surface area (Å²) in [5.41, 5.74) is 4.82. The predicted octanol–water partition coefficient (Wildman–Crippen LogP) is -0.285. The van der Waals surface area contributed by atoms with Crippen molar-refractivity contribution >= 4 is 0 Å². The molecule has 62 valence electrons. The van der Waals surface area contributed by atoms with E-state index >= 15 is 0 Å². The van der Waals surface area contributed by atoms with Gasteiger partial charge < -0.3 is 15.9 Å². The van der Waals surface area contributed by atoms with E-state index in [1.165, 1.54) is 0 Å². The van der Waals surface area contributed by atoms with Crippen LogP contribution in [-0.4, -0.2) is 29.5 Å². The number of aliphatic hydroxyl groups excluding tert-OH is 2. The minimum atomic E-state index is -0.498. The molecule has 0 aliphatic rings. The summed E-state index contributed by atoms with van der Waals surface area (Å²) in [5.74, 6) is 0. The molecule has 0 aromatic rings. The van der Waals surface area contributed by atoms with Crippen molar-refractivity contribution in [2.75, 3.05) is 13.2 Å². The average Bonchev–Trinajstić information content (AvgIpc) is 1.89. The summed E-state index contributed by atoms with van der Waals surface area (Å²) in [6.45, 7) is 4.08. The number of hydrogen-bond donors (Lipinski definition) is 3. The van der Waals surface area contributed by atoms with Gasteiger partial charge in [0.05, 0.1) is 12.7 Å². The van der Waals surface area contributed by atoms with Gasteiger partial charge >= 0.3 is 0 Å². The van der Waals surface area contributed by atoms with Crippen LogP contribution in [0.15, 0.2) is 0 Å². The van der Waals surface area contributed by atoms with Crippen molar-refractivity contribution in [2.45, 2.75) is 26.4 Å². The first-order chi connectivity index (χ1) is 4.54. The SMILES string of the molecule is CC(C)(CO)C(O)CCN. The molecule has 0 aliphatic heterocycles. The monoisotopic (exact) mass is 147 g/mol. The largest absolute Gasteiger partial charge is 0.396 e. The molecule has 0 spiro atoms.